The van der Waals surface area contributed by atoms with Crippen molar-refractivity contribution < 1.29 is 80.2 Å². The van der Waals surface area contributed by atoms with Gasteiger partial charge in [0.05, 0.1) is 26.4 Å². The number of hydrogen-bond donors (Lipinski definition) is 3. The van der Waals surface area contributed by atoms with Crippen LogP contribution in [0.3, 0.4) is 0 Å². The second-order valence-electron chi connectivity index (χ2n) is 29.8. The van der Waals surface area contributed by atoms with E-state index in [1.165, 1.54) is 193 Å². The van der Waals surface area contributed by atoms with Crippen LogP contribution < -0.4 is 0 Å². The molecular weight excluding hydrogens is 1270 g/mol. The van der Waals surface area contributed by atoms with E-state index in [4.69, 9.17) is 37.0 Å². The molecule has 0 aromatic rings. The van der Waals surface area contributed by atoms with Crippen LogP contribution in [0.15, 0.2) is 0 Å². The Bertz CT molecular complexity index is 1900. The molecule has 0 aliphatic carbocycles. The van der Waals surface area contributed by atoms with Crippen molar-refractivity contribution in [1.29, 1.82) is 0 Å². The lowest BCUT2D eigenvalue weighted by Crippen LogP contribution is -2.30. The quantitative estimate of drug-likeness (QED) is 0.0222. The average Bonchev–Trinajstić information content (AvgIpc) is 0.981. The largest absolute Gasteiger partial charge is 0.472 e. The molecule has 0 aliphatic rings. The van der Waals surface area contributed by atoms with E-state index in [0.717, 1.165) is 120 Å². The number of aliphatic hydroxyl groups excluding tert-OH is 1. The Hall–Kier alpha value is -1.94. The number of carbonyl (C=O) groups is 4. The number of aliphatic hydroxyl groups is 1. The number of carbonyl (C=O) groups excluding carboxylic acids is 4. The number of rotatable bonds is 75. The zero-order valence-corrected chi connectivity index (χ0v) is 65.5. The number of hydrogen-bond acceptors (Lipinski definition) is 15. The number of phosphoric acid groups is 2. The molecule has 0 heterocycles. The van der Waals surface area contributed by atoms with Crippen molar-refractivity contribution >= 4 is 39.5 Å². The maximum absolute atomic E-state index is 13.1. The fourth-order valence-electron chi connectivity index (χ4n) is 11.9. The van der Waals surface area contributed by atoms with Crippen molar-refractivity contribution in [3.05, 3.63) is 0 Å². The second kappa shape index (κ2) is 67.2. The average molecular weight is 1420 g/mol. The van der Waals surface area contributed by atoms with Crippen LogP contribution in [0.4, 0.5) is 0 Å². The molecule has 17 nitrogen and oxygen atoms in total. The molecule has 0 spiro atoms. The molecule has 0 amide bonds. The lowest BCUT2D eigenvalue weighted by molar-refractivity contribution is -0.161. The Morgan fingerprint density at radius 1 is 0.289 bits per heavy atom. The molecule has 0 saturated carbocycles. The molecule has 0 saturated heterocycles. The third kappa shape index (κ3) is 70.9. The summed E-state index contributed by atoms with van der Waals surface area (Å²) < 4.78 is 68.6. The first-order valence-corrected chi connectivity index (χ1v) is 43.2. The fraction of sp³-hybridized carbons (Fsp3) is 0.949. The van der Waals surface area contributed by atoms with Gasteiger partial charge in [0, 0.05) is 25.7 Å². The maximum atomic E-state index is 13.1. The van der Waals surface area contributed by atoms with E-state index in [1.807, 2.05) is 0 Å². The van der Waals surface area contributed by atoms with Crippen molar-refractivity contribution in [2.75, 3.05) is 39.6 Å². The summed E-state index contributed by atoms with van der Waals surface area (Å²) in [5.74, 6) is 0.936. The second-order valence-corrected chi connectivity index (χ2v) is 32.7. The molecule has 0 bridgehead atoms. The van der Waals surface area contributed by atoms with E-state index in [0.29, 0.717) is 25.7 Å². The highest BCUT2D eigenvalue weighted by atomic mass is 31.2. The fourth-order valence-corrected chi connectivity index (χ4v) is 13.5. The molecular formula is C78H152O17P2. The van der Waals surface area contributed by atoms with Crippen molar-refractivity contribution in [3.63, 3.8) is 0 Å². The Morgan fingerprint density at radius 2 is 0.495 bits per heavy atom. The van der Waals surface area contributed by atoms with E-state index in [-0.39, 0.29) is 25.7 Å². The molecule has 0 rings (SSSR count). The Kier molecular flexibility index (Phi) is 65.9. The summed E-state index contributed by atoms with van der Waals surface area (Å²) in [5.41, 5.74) is 0. The van der Waals surface area contributed by atoms with E-state index in [9.17, 15) is 43.2 Å². The summed E-state index contributed by atoms with van der Waals surface area (Å²) in [4.78, 5) is 72.9. The summed E-state index contributed by atoms with van der Waals surface area (Å²) >= 11 is 0. The summed E-state index contributed by atoms with van der Waals surface area (Å²) in [6.45, 7) is 14.2. The topological polar surface area (TPSA) is 237 Å². The highest BCUT2D eigenvalue weighted by molar-refractivity contribution is 7.47. The standard InChI is InChI=1S/C78H152O17P2/c1-9-71(8)57-49-41-36-37-43-51-59-76(81)89-65-74(95-78(83)61-53-45-35-29-28-32-40-48-56-70(6)7)67-93-97(86,87)91-63-72(79)62-90-96(84,85)92-66-73(94-77(82)60-52-44-34-27-23-19-15-14-17-21-25-31-39-47-55-69(4)5)64-88-75(80)58-50-42-33-26-22-18-13-11-10-12-16-20-24-30-38-46-54-68(2)3/h68-74,79H,9-67H2,1-8H3,(H,84,85)(H,86,87)/t71?,72-,73-,74-/m1/s1. The minimum atomic E-state index is -4.96. The van der Waals surface area contributed by atoms with Crippen molar-refractivity contribution in [2.45, 2.75) is 414 Å². The van der Waals surface area contributed by atoms with Gasteiger partial charge < -0.3 is 33.8 Å². The lowest BCUT2D eigenvalue weighted by Gasteiger charge is -2.21. The number of unbranched alkanes of at least 4 members (excludes halogenated alkanes) is 40. The normalized spacial score (nSPS) is 14.4. The molecule has 6 atom stereocenters. The van der Waals surface area contributed by atoms with E-state index < -0.39 is 97.5 Å². The van der Waals surface area contributed by atoms with Gasteiger partial charge in [0.15, 0.2) is 12.2 Å². The number of esters is 4. The van der Waals surface area contributed by atoms with Crippen molar-refractivity contribution in [1.82, 2.24) is 0 Å². The van der Waals surface area contributed by atoms with Crippen LogP contribution in [-0.2, 0) is 65.4 Å². The summed E-state index contributed by atoms with van der Waals surface area (Å²) in [6, 6.07) is 0. The summed E-state index contributed by atoms with van der Waals surface area (Å²) in [7, 11) is -9.92. The Labute approximate surface area is 594 Å². The van der Waals surface area contributed by atoms with Crippen LogP contribution in [0.1, 0.15) is 396 Å². The highest BCUT2D eigenvalue weighted by Gasteiger charge is 2.30. The number of ether oxygens (including phenoxy) is 4. The summed E-state index contributed by atoms with van der Waals surface area (Å²) in [6.07, 6.45) is 52.9. The molecule has 97 heavy (non-hydrogen) atoms. The SMILES string of the molecule is CCC(C)CCCCCCCCC(=O)OC[C@H](COP(=O)(O)OC[C@H](O)COP(=O)(O)OC[C@@H](COC(=O)CCCCCCCCCCCCCCCCCCC(C)C)OC(=O)CCCCCCCCCCCCCCCCC(C)C)OC(=O)CCCCCCCCCCC(C)C. The van der Waals surface area contributed by atoms with Crippen LogP contribution in [0.5, 0.6) is 0 Å². The van der Waals surface area contributed by atoms with Crippen molar-refractivity contribution in [3.8, 4) is 0 Å². The Balaban J connectivity index is 5.23. The molecule has 576 valence electrons. The molecule has 0 aromatic carbocycles. The first-order chi connectivity index (χ1) is 46.6. The van der Waals surface area contributed by atoms with Gasteiger partial charge in [0.1, 0.15) is 19.3 Å². The van der Waals surface area contributed by atoms with Gasteiger partial charge in [-0.2, -0.15) is 0 Å². The summed E-state index contributed by atoms with van der Waals surface area (Å²) in [5, 5.41) is 10.6. The van der Waals surface area contributed by atoms with Crippen LogP contribution >= 0.6 is 15.6 Å². The van der Waals surface area contributed by atoms with Gasteiger partial charge in [-0.1, -0.05) is 344 Å². The highest BCUT2D eigenvalue weighted by Crippen LogP contribution is 2.45. The third-order valence-corrected chi connectivity index (χ3v) is 20.3. The molecule has 0 aliphatic heterocycles. The van der Waals surface area contributed by atoms with Gasteiger partial charge >= 0.3 is 39.5 Å². The van der Waals surface area contributed by atoms with E-state index in [1.54, 1.807) is 0 Å². The van der Waals surface area contributed by atoms with Gasteiger partial charge in [-0.3, -0.25) is 37.3 Å². The molecule has 0 radical (unpaired) electrons. The van der Waals surface area contributed by atoms with Crippen LogP contribution in [0, 0.1) is 23.7 Å². The molecule has 0 aromatic heterocycles. The van der Waals surface area contributed by atoms with Gasteiger partial charge in [-0.15, -0.1) is 0 Å². The first-order valence-electron chi connectivity index (χ1n) is 40.2. The minimum absolute atomic E-state index is 0.103. The molecule has 19 heteroatoms. The van der Waals surface area contributed by atoms with Gasteiger partial charge in [0.2, 0.25) is 0 Å². The maximum Gasteiger partial charge on any atom is 0.472 e. The van der Waals surface area contributed by atoms with E-state index >= 15 is 0 Å². The molecule has 3 N–H and O–H groups in total. The van der Waals surface area contributed by atoms with Crippen LogP contribution in [0.2, 0.25) is 0 Å². The lowest BCUT2D eigenvalue weighted by atomic mass is 10.00. The smallest absolute Gasteiger partial charge is 0.462 e. The predicted octanol–water partition coefficient (Wildman–Crippen LogP) is 22.8. The first kappa shape index (κ1) is 95.1. The number of phosphoric ester groups is 2. The Morgan fingerprint density at radius 3 is 0.732 bits per heavy atom. The molecule has 0 fully saturated rings. The third-order valence-electron chi connectivity index (χ3n) is 18.4. The zero-order chi connectivity index (χ0) is 71.7. The zero-order valence-electron chi connectivity index (χ0n) is 63.7. The van der Waals surface area contributed by atoms with Crippen LogP contribution in [0.25, 0.3) is 0 Å². The monoisotopic (exact) mass is 1420 g/mol. The molecule has 3 unspecified atom stereocenters. The van der Waals surface area contributed by atoms with Gasteiger partial charge in [-0.05, 0) is 49.4 Å². The van der Waals surface area contributed by atoms with E-state index in [2.05, 4.69) is 55.4 Å². The van der Waals surface area contributed by atoms with Crippen LogP contribution in [-0.4, -0.2) is 96.7 Å². The predicted molar refractivity (Wildman–Crippen MR) is 395 cm³/mol. The minimum Gasteiger partial charge on any atom is -0.462 e. The van der Waals surface area contributed by atoms with Crippen molar-refractivity contribution in [2.24, 2.45) is 23.7 Å². The van der Waals surface area contributed by atoms with Gasteiger partial charge in [0.25, 0.3) is 0 Å². The van der Waals surface area contributed by atoms with Gasteiger partial charge in [-0.25, -0.2) is 9.13 Å².